The molecule has 1 saturated carbocycles. The Kier molecular flexibility index (Phi) is 2.03. The van der Waals surface area contributed by atoms with Crippen LogP contribution in [0.2, 0.25) is 0 Å². The molecule has 1 aliphatic rings. The zero-order chi connectivity index (χ0) is 11.3. The summed E-state index contributed by atoms with van der Waals surface area (Å²) in [6.45, 7) is 9.12. The fraction of sp³-hybridized carbons (Fsp3) is 0.571. The molecule has 0 spiro atoms. The van der Waals surface area contributed by atoms with Crippen molar-refractivity contribution >= 4 is 0 Å². The lowest BCUT2D eigenvalue weighted by Crippen LogP contribution is -2.18. The van der Waals surface area contributed by atoms with Gasteiger partial charge in [0.05, 0.1) is 0 Å². The molecule has 0 radical (unpaired) electrons. The molecule has 0 saturated heterocycles. The lowest BCUT2D eigenvalue weighted by atomic mass is 9.99. The van der Waals surface area contributed by atoms with Crippen molar-refractivity contribution in [3.63, 3.8) is 0 Å². The molecule has 1 aromatic carbocycles. The summed E-state index contributed by atoms with van der Waals surface area (Å²) in [4.78, 5) is 0. The van der Waals surface area contributed by atoms with Crippen LogP contribution in [0.4, 0.5) is 0 Å². The highest BCUT2D eigenvalue weighted by Gasteiger charge is 2.78. The molecule has 1 heteroatoms. The van der Waals surface area contributed by atoms with Gasteiger partial charge in [-0.1, -0.05) is 58.0 Å². The first-order chi connectivity index (χ1) is 6.92. The summed E-state index contributed by atoms with van der Waals surface area (Å²) >= 11 is 0. The van der Waals surface area contributed by atoms with E-state index in [9.17, 15) is 0 Å². The van der Waals surface area contributed by atoms with Gasteiger partial charge in [-0.05, 0) is 5.56 Å². The average molecular weight is 204 g/mol. The van der Waals surface area contributed by atoms with Crippen molar-refractivity contribution in [1.82, 2.24) is 0 Å². The molecule has 0 heterocycles. The van der Waals surface area contributed by atoms with Gasteiger partial charge in [-0.3, -0.25) is 0 Å². The van der Waals surface area contributed by atoms with Crippen LogP contribution in [0.15, 0.2) is 30.3 Å². The second-order valence-electron chi connectivity index (χ2n) is 5.50. The summed E-state index contributed by atoms with van der Waals surface area (Å²) in [6, 6.07) is 10.6. The van der Waals surface area contributed by atoms with Gasteiger partial charge in [0.25, 0.3) is 0 Å². The monoisotopic (exact) mass is 204 g/mol. The molecule has 0 unspecified atom stereocenters. The fourth-order valence-corrected chi connectivity index (χ4v) is 3.28. The minimum Gasteiger partial charge on any atom is -0.372 e. The highest BCUT2D eigenvalue weighted by Crippen LogP contribution is 2.78. The maximum atomic E-state index is 5.87. The maximum Gasteiger partial charge on any atom is 0.104 e. The molecule has 0 aliphatic heterocycles. The molecule has 0 amide bonds. The first kappa shape index (κ1) is 10.7. The SMILES string of the molecule is COC1(c2ccccc2)C(C)(C)C1(C)C. The lowest BCUT2D eigenvalue weighted by molar-refractivity contribution is 0.0290. The predicted molar refractivity (Wildman–Crippen MR) is 62.7 cm³/mol. The van der Waals surface area contributed by atoms with Crippen molar-refractivity contribution in [3.05, 3.63) is 35.9 Å². The smallest absolute Gasteiger partial charge is 0.104 e. The van der Waals surface area contributed by atoms with E-state index in [4.69, 9.17) is 4.74 Å². The van der Waals surface area contributed by atoms with Crippen molar-refractivity contribution in [2.75, 3.05) is 7.11 Å². The Hall–Kier alpha value is -0.820. The molecule has 82 valence electrons. The molecular formula is C14H20O. The quantitative estimate of drug-likeness (QED) is 0.715. The maximum absolute atomic E-state index is 5.87. The highest BCUT2D eigenvalue weighted by molar-refractivity contribution is 5.40. The number of rotatable bonds is 2. The number of ether oxygens (including phenoxy) is 1. The zero-order valence-corrected chi connectivity index (χ0v) is 10.3. The van der Waals surface area contributed by atoms with Gasteiger partial charge in [-0.2, -0.15) is 0 Å². The third-order valence-corrected chi connectivity index (χ3v) is 4.75. The molecule has 1 aromatic rings. The van der Waals surface area contributed by atoms with Crippen molar-refractivity contribution in [3.8, 4) is 0 Å². The zero-order valence-electron chi connectivity index (χ0n) is 10.3. The van der Waals surface area contributed by atoms with E-state index in [1.165, 1.54) is 5.56 Å². The van der Waals surface area contributed by atoms with E-state index in [2.05, 4.69) is 58.0 Å². The number of methoxy groups -OCH3 is 1. The number of benzene rings is 1. The van der Waals surface area contributed by atoms with Gasteiger partial charge in [-0.15, -0.1) is 0 Å². The minimum absolute atomic E-state index is 0.124. The second-order valence-corrected chi connectivity index (χ2v) is 5.50. The molecule has 15 heavy (non-hydrogen) atoms. The normalized spacial score (nSPS) is 24.9. The van der Waals surface area contributed by atoms with E-state index >= 15 is 0 Å². The summed E-state index contributed by atoms with van der Waals surface area (Å²) in [6.07, 6.45) is 0. The van der Waals surface area contributed by atoms with Crippen LogP contribution in [0.1, 0.15) is 33.3 Å². The Balaban J connectivity index is 2.52. The van der Waals surface area contributed by atoms with Crippen molar-refractivity contribution in [1.29, 1.82) is 0 Å². The average Bonchev–Trinajstić information content (AvgIpc) is 2.55. The molecule has 1 nitrogen and oxygen atoms in total. The Morgan fingerprint density at radius 3 is 1.67 bits per heavy atom. The van der Waals surface area contributed by atoms with E-state index in [0.29, 0.717) is 0 Å². The summed E-state index contributed by atoms with van der Waals surface area (Å²) in [5, 5.41) is 0. The molecule has 2 rings (SSSR count). The summed E-state index contributed by atoms with van der Waals surface area (Å²) in [5.41, 5.74) is 1.55. The molecule has 1 fully saturated rings. The van der Waals surface area contributed by atoms with Crippen molar-refractivity contribution in [2.24, 2.45) is 10.8 Å². The number of hydrogen-bond donors (Lipinski definition) is 0. The molecule has 0 bridgehead atoms. The standard InChI is InChI=1S/C14H20O/c1-12(2)13(3,4)14(12,15-5)11-9-7-6-8-10-11/h6-10H,1-5H3. The Morgan fingerprint density at radius 1 is 0.867 bits per heavy atom. The fourth-order valence-electron chi connectivity index (χ4n) is 3.28. The van der Waals surface area contributed by atoms with Gasteiger partial charge in [-0.25, -0.2) is 0 Å². The van der Waals surface area contributed by atoms with Crippen molar-refractivity contribution in [2.45, 2.75) is 33.3 Å². The van der Waals surface area contributed by atoms with Crippen LogP contribution >= 0.6 is 0 Å². The van der Waals surface area contributed by atoms with Crippen LogP contribution in [-0.2, 0) is 10.3 Å². The first-order valence-corrected chi connectivity index (χ1v) is 5.52. The van der Waals surface area contributed by atoms with Gasteiger partial charge < -0.3 is 4.74 Å². The summed E-state index contributed by atoms with van der Waals surface area (Å²) in [7, 11) is 1.82. The lowest BCUT2D eigenvalue weighted by Gasteiger charge is -2.20. The van der Waals surface area contributed by atoms with Crippen LogP contribution in [-0.4, -0.2) is 7.11 Å². The van der Waals surface area contributed by atoms with Crippen LogP contribution in [0.3, 0.4) is 0 Å². The highest BCUT2D eigenvalue weighted by atomic mass is 16.5. The van der Waals surface area contributed by atoms with Crippen LogP contribution < -0.4 is 0 Å². The number of hydrogen-bond acceptors (Lipinski definition) is 1. The van der Waals surface area contributed by atoms with Crippen molar-refractivity contribution < 1.29 is 4.74 Å². The molecule has 0 N–H and O–H groups in total. The third kappa shape index (κ3) is 0.971. The van der Waals surface area contributed by atoms with E-state index in [1.54, 1.807) is 0 Å². The van der Waals surface area contributed by atoms with Crippen LogP contribution in [0, 0.1) is 10.8 Å². The third-order valence-electron chi connectivity index (χ3n) is 4.75. The molecule has 0 atom stereocenters. The van der Waals surface area contributed by atoms with Gasteiger partial charge in [0.2, 0.25) is 0 Å². The Morgan fingerprint density at radius 2 is 1.33 bits per heavy atom. The molecule has 0 aromatic heterocycles. The summed E-state index contributed by atoms with van der Waals surface area (Å²) in [5.74, 6) is 0. The van der Waals surface area contributed by atoms with E-state index in [0.717, 1.165) is 0 Å². The topological polar surface area (TPSA) is 9.23 Å². The van der Waals surface area contributed by atoms with E-state index in [-0.39, 0.29) is 16.4 Å². The van der Waals surface area contributed by atoms with Gasteiger partial charge in [0.1, 0.15) is 5.60 Å². The van der Waals surface area contributed by atoms with Crippen LogP contribution in [0.5, 0.6) is 0 Å². The van der Waals surface area contributed by atoms with E-state index in [1.807, 2.05) is 7.11 Å². The van der Waals surface area contributed by atoms with Gasteiger partial charge >= 0.3 is 0 Å². The van der Waals surface area contributed by atoms with Gasteiger partial charge in [0, 0.05) is 17.9 Å². The predicted octanol–water partition coefficient (Wildman–Crippen LogP) is 3.59. The first-order valence-electron chi connectivity index (χ1n) is 5.52. The molecule has 1 aliphatic carbocycles. The summed E-state index contributed by atoms with van der Waals surface area (Å²) < 4.78 is 5.87. The second kappa shape index (κ2) is 2.85. The van der Waals surface area contributed by atoms with Gasteiger partial charge in [0.15, 0.2) is 0 Å². The van der Waals surface area contributed by atoms with Crippen LogP contribution in [0.25, 0.3) is 0 Å². The molecular weight excluding hydrogens is 184 g/mol. The van der Waals surface area contributed by atoms with E-state index < -0.39 is 0 Å². The Bertz CT molecular complexity index is 348. The minimum atomic E-state index is -0.124. The largest absolute Gasteiger partial charge is 0.372 e. The Labute approximate surface area is 92.5 Å².